The summed E-state index contributed by atoms with van der Waals surface area (Å²) in [5.41, 5.74) is 1.24. The van der Waals surface area contributed by atoms with Gasteiger partial charge in [-0.05, 0) is 36.8 Å². The summed E-state index contributed by atoms with van der Waals surface area (Å²) in [5.74, 6) is -0.285. The van der Waals surface area contributed by atoms with Crippen LogP contribution in [-0.2, 0) is 6.61 Å². The van der Waals surface area contributed by atoms with Crippen LogP contribution in [0.1, 0.15) is 11.1 Å². The summed E-state index contributed by atoms with van der Waals surface area (Å²) in [7, 11) is 0. The van der Waals surface area contributed by atoms with Crippen molar-refractivity contribution in [3.8, 4) is 5.75 Å². The number of halogens is 3. The number of rotatable bonds is 3. The molecular formula is C14H11BrF2O. The van der Waals surface area contributed by atoms with Crippen LogP contribution in [-0.4, -0.2) is 0 Å². The van der Waals surface area contributed by atoms with Gasteiger partial charge < -0.3 is 4.74 Å². The maximum atomic E-state index is 13.5. The Balaban J connectivity index is 2.16. The topological polar surface area (TPSA) is 9.23 Å². The standard InChI is InChI=1S/C14H11BrF2O/c1-9-2-4-12(16)7-14(9)18-8-10-6-11(15)3-5-13(10)17/h2-7H,8H2,1H3. The molecule has 0 radical (unpaired) electrons. The van der Waals surface area contributed by atoms with Crippen LogP contribution in [0.5, 0.6) is 5.75 Å². The molecule has 2 aromatic carbocycles. The van der Waals surface area contributed by atoms with Crippen LogP contribution in [0.25, 0.3) is 0 Å². The monoisotopic (exact) mass is 312 g/mol. The Kier molecular flexibility index (Phi) is 3.97. The van der Waals surface area contributed by atoms with E-state index < -0.39 is 0 Å². The molecule has 1 nitrogen and oxygen atoms in total. The highest BCUT2D eigenvalue weighted by Crippen LogP contribution is 2.22. The van der Waals surface area contributed by atoms with E-state index in [1.165, 1.54) is 18.2 Å². The number of benzene rings is 2. The fourth-order valence-corrected chi connectivity index (χ4v) is 1.95. The summed E-state index contributed by atoms with van der Waals surface area (Å²) in [6.07, 6.45) is 0. The summed E-state index contributed by atoms with van der Waals surface area (Å²) in [4.78, 5) is 0. The van der Waals surface area contributed by atoms with Crippen molar-refractivity contribution in [2.45, 2.75) is 13.5 Å². The molecule has 0 saturated carbocycles. The van der Waals surface area contributed by atoms with Crippen molar-refractivity contribution >= 4 is 15.9 Å². The number of hydrogen-bond donors (Lipinski definition) is 0. The molecule has 18 heavy (non-hydrogen) atoms. The first-order chi connectivity index (χ1) is 8.56. The quantitative estimate of drug-likeness (QED) is 0.804. The molecule has 0 saturated heterocycles. The molecule has 0 N–H and O–H groups in total. The normalized spacial score (nSPS) is 10.4. The van der Waals surface area contributed by atoms with Crippen molar-refractivity contribution < 1.29 is 13.5 Å². The molecule has 2 aromatic rings. The first-order valence-electron chi connectivity index (χ1n) is 5.39. The van der Waals surface area contributed by atoms with Gasteiger partial charge in [-0.15, -0.1) is 0 Å². The second-order valence-corrected chi connectivity index (χ2v) is 4.85. The molecule has 0 aliphatic heterocycles. The van der Waals surface area contributed by atoms with Gasteiger partial charge in [-0.25, -0.2) is 8.78 Å². The molecule has 0 aliphatic carbocycles. The maximum absolute atomic E-state index is 13.5. The molecule has 0 fully saturated rings. The lowest BCUT2D eigenvalue weighted by atomic mass is 10.2. The van der Waals surface area contributed by atoms with Gasteiger partial charge in [0.25, 0.3) is 0 Å². The highest BCUT2D eigenvalue weighted by Gasteiger charge is 2.06. The van der Waals surface area contributed by atoms with Gasteiger partial charge in [0, 0.05) is 16.1 Å². The lowest BCUT2D eigenvalue weighted by molar-refractivity contribution is 0.296. The van der Waals surface area contributed by atoms with E-state index in [1.54, 1.807) is 18.2 Å². The molecular weight excluding hydrogens is 302 g/mol. The van der Waals surface area contributed by atoms with Crippen molar-refractivity contribution in [3.63, 3.8) is 0 Å². The number of hydrogen-bond acceptors (Lipinski definition) is 1. The van der Waals surface area contributed by atoms with E-state index in [0.29, 0.717) is 11.3 Å². The van der Waals surface area contributed by atoms with Gasteiger partial charge in [-0.3, -0.25) is 0 Å². The molecule has 0 aromatic heterocycles. The molecule has 0 bridgehead atoms. The van der Waals surface area contributed by atoms with Crippen LogP contribution in [0.3, 0.4) is 0 Å². The minimum atomic E-state index is -0.370. The van der Waals surface area contributed by atoms with E-state index in [-0.39, 0.29) is 18.2 Å². The Morgan fingerprint density at radius 3 is 2.67 bits per heavy atom. The van der Waals surface area contributed by atoms with Gasteiger partial charge in [0.1, 0.15) is 24.0 Å². The van der Waals surface area contributed by atoms with Crippen LogP contribution in [0, 0.1) is 18.6 Å². The molecule has 4 heteroatoms. The predicted octanol–water partition coefficient (Wildman–Crippen LogP) is 4.61. The summed E-state index contributed by atoms with van der Waals surface area (Å²) >= 11 is 3.27. The van der Waals surface area contributed by atoms with E-state index in [9.17, 15) is 8.78 Å². The fraction of sp³-hybridized carbons (Fsp3) is 0.143. The molecule has 0 unspecified atom stereocenters. The van der Waals surface area contributed by atoms with Gasteiger partial charge in [-0.2, -0.15) is 0 Å². The molecule has 0 aliphatic rings. The van der Waals surface area contributed by atoms with E-state index in [2.05, 4.69) is 15.9 Å². The Hall–Kier alpha value is -1.42. The highest BCUT2D eigenvalue weighted by atomic mass is 79.9. The van der Waals surface area contributed by atoms with Crippen LogP contribution in [0.4, 0.5) is 8.78 Å². The average molecular weight is 313 g/mol. The first kappa shape index (κ1) is 13.0. The lowest BCUT2D eigenvalue weighted by Crippen LogP contribution is -2.00. The zero-order valence-corrected chi connectivity index (χ0v) is 11.3. The lowest BCUT2D eigenvalue weighted by Gasteiger charge is -2.10. The minimum absolute atomic E-state index is 0.0650. The van der Waals surface area contributed by atoms with Crippen molar-refractivity contribution in [1.29, 1.82) is 0 Å². The number of ether oxygens (including phenoxy) is 1. The van der Waals surface area contributed by atoms with Crippen molar-refractivity contribution in [2.75, 3.05) is 0 Å². The summed E-state index contributed by atoms with van der Waals surface area (Å²) in [6.45, 7) is 1.88. The van der Waals surface area contributed by atoms with Crippen LogP contribution >= 0.6 is 15.9 Å². The van der Waals surface area contributed by atoms with Crippen LogP contribution in [0.2, 0.25) is 0 Å². The van der Waals surface area contributed by atoms with E-state index in [4.69, 9.17) is 4.74 Å². The minimum Gasteiger partial charge on any atom is -0.488 e. The van der Waals surface area contributed by atoms with Crippen molar-refractivity contribution in [2.24, 2.45) is 0 Å². The highest BCUT2D eigenvalue weighted by molar-refractivity contribution is 9.10. The first-order valence-corrected chi connectivity index (χ1v) is 6.18. The molecule has 2 rings (SSSR count). The summed E-state index contributed by atoms with van der Waals surface area (Å²) in [6, 6.07) is 8.91. The SMILES string of the molecule is Cc1ccc(F)cc1OCc1cc(Br)ccc1F. The van der Waals surface area contributed by atoms with Crippen LogP contribution < -0.4 is 4.74 Å². The van der Waals surface area contributed by atoms with Crippen molar-refractivity contribution in [3.05, 3.63) is 63.6 Å². The third kappa shape index (κ3) is 3.07. The largest absolute Gasteiger partial charge is 0.488 e. The third-order valence-electron chi connectivity index (χ3n) is 2.54. The van der Waals surface area contributed by atoms with E-state index in [0.717, 1.165) is 10.0 Å². The predicted molar refractivity (Wildman–Crippen MR) is 69.6 cm³/mol. The van der Waals surface area contributed by atoms with Gasteiger partial charge in [0.05, 0.1) is 0 Å². The van der Waals surface area contributed by atoms with Gasteiger partial charge >= 0.3 is 0 Å². The molecule has 0 atom stereocenters. The van der Waals surface area contributed by atoms with E-state index >= 15 is 0 Å². The van der Waals surface area contributed by atoms with Gasteiger partial charge in [-0.1, -0.05) is 22.0 Å². The summed E-state index contributed by atoms with van der Waals surface area (Å²) in [5, 5.41) is 0. The maximum Gasteiger partial charge on any atom is 0.129 e. The summed E-state index contributed by atoms with van der Waals surface area (Å²) < 4.78 is 32.7. The fourth-order valence-electron chi connectivity index (χ4n) is 1.54. The van der Waals surface area contributed by atoms with Gasteiger partial charge in [0.15, 0.2) is 0 Å². The second kappa shape index (κ2) is 5.48. The van der Waals surface area contributed by atoms with E-state index in [1.807, 2.05) is 6.92 Å². The molecule has 0 heterocycles. The van der Waals surface area contributed by atoms with Crippen LogP contribution in [0.15, 0.2) is 40.9 Å². The second-order valence-electron chi connectivity index (χ2n) is 3.93. The smallest absolute Gasteiger partial charge is 0.129 e. The Morgan fingerprint density at radius 2 is 1.89 bits per heavy atom. The third-order valence-corrected chi connectivity index (χ3v) is 3.03. The Labute approximate surface area is 113 Å². The number of aryl methyl sites for hydroxylation is 1. The Bertz CT molecular complexity index is 518. The molecule has 0 amide bonds. The molecule has 0 spiro atoms. The Morgan fingerprint density at radius 1 is 1.11 bits per heavy atom. The zero-order chi connectivity index (χ0) is 13.1. The van der Waals surface area contributed by atoms with Crippen molar-refractivity contribution in [1.82, 2.24) is 0 Å². The zero-order valence-electron chi connectivity index (χ0n) is 9.71. The molecule has 94 valence electrons. The van der Waals surface area contributed by atoms with Gasteiger partial charge in [0.2, 0.25) is 0 Å². The average Bonchev–Trinajstić information content (AvgIpc) is 2.34.